The standard InChI is InChI=1S/C16H16FNO3/c1-21-15(20)18-9-8-16(7-6-11(19)10-14(16)18)12-4-2-3-5-13(12)17/h2-5,10H,6-9H2,1H3/t16-/m1/s1. The van der Waals surface area contributed by atoms with E-state index in [1.54, 1.807) is 18.2 Å². The van der Waals surface area contributed by atoms with Crippen molar-refractivity contribution in [2.75, 3.05) is 13.7 Å². The van der Waals surface area contributed by atoms with E-state index in [9.17, 15) is 14.0 Å². The van der Waals surface area contributed by atoms with Gasteiger partial charge in [-0.15, -0.1) is 0 Å². The number of ether oxygens (including phenoxy) is 1. The first-order chi connectivity index (χ1) is 10.1. The van der Waals surface area contributed by atoms with E-state index in [-0.39, 0.29) is 11.6 Å². The number of hydrogen-bond acceptors (Lipinski definition) is 3. The number of nitrogens with zero attached hydrogens (tertiary/aromatic N) is 1. The van der Waals surface area contributed by atoms with Crippen LogP contribution in [0.3, 0.4) is 0 Å². The van der Waals surface area contributed by atoms with Crippen LogP contribution < -0.4 is 0 Å². The van der Waals surface area contributed by atoms with E-state index in [2.05, 4.69) is 0 Å². The number of ketones is 1. The van der Waals surface area contributed by atoms with Gasteiger partial charge >= 0.3 is 6.09 Å². The zero-order valence-electron chi connectivity index (χ0n) is 11.8. The van der Waals surface area contributed by atoms with Gasteiger partial charge in [0.15, 0.2) is 5.78 Å². The number of carbonyl (C=O) groups is 2. The predicted molar refractivity (Wildman–Crippen MR) is 74.1 cm³/mol. The molecule has 1 aromatic carbocycles. The highest BCUT2D eigenvalue weighted by molar-refractivity contribution is 5.93. The molecule has 0 radical (unpaired) electrons. The van der Waals surface area contributed by atoms with Gasteiger partial charge in [0.1, 0.15) is 5.82 Å². The van der Waals surface area contributed by atoms with Gasteiger partial charge in [-0.2, -0.15) is 0 Å². The number of likely N-dealkylation sites (tertiary alicyclic amines) is 1. The molecule has 2 aliphatic rings. The first-order valence-corrected chi connectivity index (χ1v) is 6.94. The van der Waals surface area contributed by atoms with Crippen LogP contribution in [0.25, 0.3) is 0 Å². The first-order valence-electron chi connectivity index (χ1n) is 6.94. The summed E-state index contributed by atoms with van der Waals surface area (Å²) in [7, 11) is 1.30. The number of allylic oxidation sites excluding steroid dienone is 2. The summed E-state index contributed by atoms with van der Waals surface area (Å²) in [5.74, 6) is -0.336. The minimum absolute atomic E-state index is 0.0345. The van der Waals surface area contributed by atoms with Crippen LogP contribution in [0.15, 0.2) is 36.0 Å². The summed E-state index contributed by atoms with van der Waals surface area (Å²) in [6, 6.07) is 6.57. The Labute approximate surface area is 122 Å². The van der Waals surface area contributed by atoms with Crippen LogP contribution in [0.5, 0.6) is 0 Å². The van der Waals surface area contributed by atoms with Gasteiger partial charge in [-0.25, -0.2) is 9.18 Å². The molecular formula is C16H16FNO3. The van der Waals surface area contributed by atoms with Gasteiger partial charge in [0, 0.05) is 30.2 Å². The molecule has 21 heavy (non-hydrogen) atoms. The van der Waals surface area contributed by atoms with Gasteiger partial charge < -0.3 is 4.74 Å². The molecule has 110 valence electrons. The van der Waals surface area contributed by atoms with Crippen LogP contribution in [-0.2, 0) is 14.9 Å². The van der Waals surface area contributed by atoms with Crippen molar-refractivity contribution in [1.82, 2.24) is 4.90 Å². The monoisotopic (exact) mass is 289 g/mol. The maximum Gasteiger partial charge on any atom is 0.413 e. The van der Waals surface area contributed by atoms with Crippen molar-refractivity contribution in [2.24, 2.45) is 0 Å². The molecule has 1 fully saturated rings. The van der Waals surface area contributed by atoms with Crippen molar-refractivity contribution in [1.29, 1.82) is 0 Å². The zero-order chi connectivity index (χ0) is 15.0. The second kappa shape index (κ2) is 4.98. The molecule has 1 aromatic rings. The second-order valence-corrected chi connectivity index (χ2v) is 5.43. The highest BCUT2D eigenvalue weighted by Crippen LogP contribution is 2.49. The molecule has 0 N–H and O–H groups in total. The summed E-state index contributed by atoms with van der Waals surface area (Å²) >= 11 is 0. The van der Waals surface area contributed by atoms with Gasteiger partial charge in [-0.05, 0) is 24.5 Å². The van der Waals surface area contributed by atoms with E-state index in [4.69, 9.17) is 4.74 Å². The van der Waals surface area contributed by atoms with Gasteiger partial charge in [-0.3, -0.25) is 9.69 Å². The molecule has 1 heterocycles. The number of amides is 1. The minimum atomic E-state index is -0.604. The Balaban J connectivity index is 2.13. The molecule has 0 unspecified atom stereocenters. The maximum absolute atomic E-state index is 14.3. The fraction of sp³-hybridized carbons (Fsp3) is 0.375. The zero-order valence-corrected chi connectivity index (χ0v) is 11.8. The summed E-state index contributed by atoms with van der Waals surface area (Å²) in [6.07, 6.45) is 2.45. The van der Waals surface area contributed by atoms with Crippen molar-refractivity contribution in [3.8, 4) is 0 Å². The molecule has 4 nitrogen and oxygen atoms in total. The topological polar surface area (TPSA) is 46.6 Å². The Hall–Kier alpha value is -2.17. The SMILES string of the molecule is COC(=O)N1CC[C@@]2(c3ccccc3F)CCC(=O)C=C12. The molecule has 3 rings (SSSR count). The van der Waals surface area contributed by atoms with E-state index in [1.807, 2.05) is 0 Å². The van der Waals surface area contributed by atoms with Gasteiger partial charge in [0.25, 0.3) is 0 Å². The number of rotatable bonds is 1. The lowest BCUT2D eigenvalue weighted by atomic mass is 9.70. The van der Waals surface area contributed by atoms with E-state index in [0.717, 1.165) is 0 Å². The van der Waals surface area contributed by atoms with Crippen LogP contribution in [0.1, 0.15) is 24.8 Å². The molecule has 1 aliphatic heterocycles. The Morgan fingerprint density at radius 3 is 2.81 bits per heavy atom. The fourth-order valence-corrected chi connectivity index (χ4v) is 3.40. The van der Waals surface area contributed by atoms with E-state index in [1.165, 1.54) is 24.2 Å². The van der Waals surface area contributed by atoms with Crippen molar-refractivity contribution >= 4 is 11.9 Å². The Kier molecular flexibility index (Phi) is 3.27. The molecule has 1 saturated heterocycles. The number of hydrogen-bond donors (Lipinski definition) is 0. The van der Waals surface area contributed by atoms with Crippen molar-refractivity contribution < 1.29 is 18.7 Å². The lowest BCUT2D eigenvalue weighted by Crippen LogP contribution is -2.36. The molecule has 1 amide bonds. The Bertz CT molecular complexity index is 640. The quantitative estimate of drug-likeness (QED) is 0.798. The molecule has 1 atom stereocenters. The minimum Gasteiger partial charge on any atom is -0.452 e. The Morgan fingerprint density at radius 2 is 2.10 bits per heavy atom. The van der Waals surface area contributed by atoms with Crippen LogP contribution in [-0.4, -0.2) is 30.4 Å². The van der Waals surface area contributed by atoms with E-state index in [0.29, 0.717) is 37.1 Å². The fourth-order valence-electron chi connectivity index (χ4n) is 3.40. The van der Waals surface area contributed by atoms with Crippen LogP contribution in [0.2, 0.25) is 0 Å². The average Bonchev–Trinajstić information content (AvgIpc) is 2.86. The number of methoxy groups -OCH3 is 1. The summed E-state index contributed by atoms with van der Waals surface area (Å²) in [5.41, 5.74) is 0.513. The van der Waals surface area contributed by atoms with Crippen molar-refractivity contribution in [2.45, 2.75) is 24.7 Å². The summed E-state index contributed by atoms with van der Waals surface area (Å²) in [4.78, 5) is 25.1. The summed E-state index contributed by atoms with van der Waals surface area (Å²) in [6.45, 7) is 0.431. The average molecular weight is 289 g/mol. The number of fused-ring (bicyclic) bond motifs is 1. The third kappa shape index (κ3) is 2.04. The number of halogens is 1. The molecular weight excluding hydrogens is 273 g/mol. The largest absolute Gasteiger partial charge is 0.452 e. The predicted octanol–water partition coefficient (Wildman–Crippen LogP) is 2.78. The van der Waals surface area contributed by atoms with Crippen molar-refractivity contribution in [3.63, 3.8) is 0 Å². The smallest absolute Gasteiger partial charge is 0.413 e. The molecule has 1 aliphatic carbocycles. The number of benzene rings is 1. The molecule has 0 aromatic heterocycles. The highest BCUT2D eigenvalue weighted by Gasteiger charge is 2.49. The summed E-state index contributed by atoms with van der Waals surface area (Å²) in [5, 5.41) is 0. The van der Waals surface area contributed by atoms with E-state index >= 15 is 0 Å². The normalized spacial score (nSPS) is 24.6. The summed E-state index contributed by atoms with van der Waals surface area (Å²) < 4.78 is 19.0. The first kappa shape index (κ1) is 13.8. The molecule has 0 saturated carbocycles. The third-order valence-electron chi connectivity index (χ3n) is 4.42. The van der Waals surface area contributed by atoms with Gasteiger partial charge in [-0.1, -0.05) is 18.2 Å². The lowest BCUT2D eigenvalue weighted by molar-refractivity contribution is -0.115. The third-order valence-corrected chi connectivity index (χ3v) is 4.42. The Morgan fingerprint density at radius 1 is 1.33 bits per heavy atom. The van der Waals surface area contributed by atoms with Gasteiger partial charge in [0.05, 0.1) is 7.11 Å². The highest BCUT2D eigenvalue weighted by atomic mass is 19.1. The maximum atomic E-state index is 14.3. The lowest BCUT2D eigenvalue weighted by Gasteiger charge is -2.35. The van der Waals surface area contributed by atoms with Crippen LogP contribution >= 0.6 is 0 Å². The van der Waals surface area contributed by atoms with Crippen LogP contribution in [0, 0.1) is 5.82 Å². The number of carbonyl (C=O) groups excluding carboxylic acids is 2. The molecule has 0 spiro atoms. The second-order valence-electron chi connectivity index (χ2n) is 5.43. The molecule has 0 bridgehead atoms. The van der Waals surface area contributed by atoms with Gasteiger partial charge in [0.2, 0.25) is 0 Å². The molecule has 5 heteroatoms. The van der Waals surface area contributed by atoms with Crippen molar-refractivity contribution in [3.05, 3.63) is 47.4 Å². The van der Waals surface area contributed by atoms with E-state index < -0.39 is 11.5 Å². The van der Waals surface area contributed by atoms with Crippen LogP contribution in [0.4, 0.5) is 9.18 Å².